The maximum absolute atomic E-state index is 12.5. The first-order valence-corrected chi connectivity index (χ1v) is 5.83. The van der Waals surface area contributed by atoms with Crippen molar-refractivity contribution in [1.82, 2.24) is 15.1 Å². The Labute approximate surface area is 109 Å². The van der Waals surface area contributed by atoms with E-state index in [0.717, 1.165) is 11.6 Å². The topological polar surface area (TPSA) is 29.9 Å². The average Bonchev–Trinajstić information content (AvgIpc) is 2.85. The number of nitrogens with zero attached hydrogens (tertiary/aromatic N) is 2. The Kier molecular flexibility index (Phi) is 3.90. The van der Waals surface area contributed by atoms with Crippen LogP contribution < -0.4 is 5.32 Å². The van der Waals surface area contributed by atoms with Gasteiger partial charge in [0.1, 0.15) is 0 Å². The van der Waals surface area contributed by atoms with E-state index in [1.807, 2.05) is 30.3 Å². The average molecular weight is 269 g/mol. The molecule has 1 atom stereocenters. The Morgan fingerprint density at radius 3 is 2.42 bits per heavy atom. The number of hydrogen-bond donors (Lipinski definition) is 1. The van der Waals surface area contributed by atoms with Gasteiger partial charge in [-0.15, -0.1) is 0 Å². The van der Waals surface area contributed by atoms with E-state index in [2.05, 4.69) is 10.4 Å². The van der Waals surface area contributed by atoms with Crippen LogP contribution in [0.15, 0.2) is 42.6 Å². The number of alkyl halides is 3. The summed E-state index contributed by atoms with van der Waals surface area (Å²) in [5.74, 6) is 0. The van der Waals surface area contributed by atoms with Crippen molar-refractivity contribution >= 4 is 0 Å². The Morgan fingerprint density at radius 1 is 1.21 bits per heavy atom. The summed E-state index contributed by atoms with van der Waals surface area (Å²) in [6, 6.07) is 10.4. The maximum Gasteiger partial charge on any atom is 0.435 e. The summed E-state index contributed by atoms with van der Waals surface area (Å²) in [5.41, 5.74) is 0.143. The number of hydrogen-bond acceptors (Lipinski definition) is 2. The van der Waals surface area contributed by atoms with E-state index in [9.17, 15) is 13.2 Å². The summed E-state index contributed by atoms with van der Waals surface area (Å²) in [6.07, 6.45) is -3.05. The SMILES string of the molecule is CNC(Cn1ccc(C(F)(F)F)n1)c1ccccc1. The van der Waals surface area contributed by atoms with Gasteiger partial charge in [-0.1, -0.05) is 30.3 Å². The fourth-order valence-corrected chi connectivity index (χ4v) is 1.85. The number of likely N-dealkylation sites (N-methyl/N-ethyl adjacent to an activating group) is 1. The lowest BCUT2D eigenvalue weighted by molar-refractivity contribution is -0.141. The first-order chi connectivity index (χ1) is 9.00. The van der Waals surface area contributed by atoms with Gasteiger partial charge in [-0.3, -0.25) is 4.68 Å². The van der Waals surface area contributed by atoms with E-state index in [-0.39, 0.29) is 6.04 Å². The van der Waals surface area contributed by atoms with Crippen molar-refractivity contribution in [1.29, 1.82) is 0 Å². The van der Waals surface area contributed by atoms with Crippen molar-refractivity contribution in [2.45, 2.75) is 18.8 Å². The lowest BCUT2D eigenvalue weighted by atomic mass is 10.1. The molecule has 2 aromatic rings. The molecule has 0 saturated heterocycles. The molecular weight excluding hydrogens is 255 g/mol. The molecule has 3 nitrogen and oxygen atoms in total. The van der Waals surface area contributed by atoms with Crippen LogP contribution in [0.3, 0.4) is 0 Å². The molecule has 1 unspecified atom stereocenters. The van der Waals surface area contributed by atoms with E-state index >= 15 is 0 Å². The molecule has 0 amide bonds. The highest BCUT2D eigenvalue weighted by molar-refractivity contribution is 5.18. The zero-order valence-corrected chi connectivity index (χ0v) is 10.4. The van der Waals surface area contributed by atoms with Gasteiger partial charge in [-0.05, 0) is 18.7 Å². The Hall–Kier alpha value is -1.82. The summed E-state index contributed by atoms with van der Waals surface area (Å²) >= 11 is 0. The minimum atomic E-state index is -4.40. The standard InChI is InChI=1S/C13H14F3N3/c1-17-11(10-5-3-2-4-6-10)9-19-8-7-12(18-19)13(14,15)16/h2-8,11,17H,9H2,1H3. The summed E-state index contributed by atoms with van der Waals surface area (Å²) < 4.78 is 38.7. The van der Waals surface area contributed by atoms with Crippen LogP contribution in [-0.4, -0.2) is 16.8 Å². The number of halogens is 3. The summed E-state index contributed by atoms with van der Waals surface area (Å²) in [5, 5.41) is 6.62. The Morgan fingerprint density at radius 2 is 1.89 bits per heavy atom. The van der Waals surface area contributed by atoms with E-state index in [0.29, 0.717) is 6.54 Å². The normalized spacial score (nSPS) is 13.5. The zero-order valence-electron chi connectivity index (χ0n) is 10.4. The lowest BCUT2D eigenvalue weighted by Crippen LogP contribution is -2.22. The van der Waals surface area contributed by atoms with Crippen LogP contribution in [0.4, 0.5) is 13.2 Å². The second-order valence-corrected chi connectivity index (χ2v) is 4.17. The van der Waals surface area contributed by atoms with Gasteiger partial charge >= 0.3 is 6.18 Å². The molecule has 1 N–H and O–H groups in total. The van der Waals surface area contributed by atoms with Crippen molar-refractivity contribution < 1.29 is 13.2 Å². The number of benzene rings is 1. The molecule has 6 heteroatoms. The highest BCUT2D eigenvalue weighted by atomic mass is 19.4. The van der Waals surface area contributed by atoms with E-state index < -0.39 is 11.9 Å². The molecule has 102 valence electrons. The van der Waals surface area contributed by atoms with Crippen LogP contribution in [0.5, 0.6) is 0 Å². The van der Waals surface area contributed by atoms with Crippen molar-refractivity contribution in [2.75, 3.05) is 7.05 Å². The van der Waals surface area contributed by atoms with Gasteiger partial charge in [-0.25, -0.2) is 0 Å². The Bertz CT molecular complexity index is 519. The van der Waals surface area contributed by atoms with Crippen LogP contribution in [0.2, 0.25) is 0 Å². The monoisotopic (exact) mass is 269 g/mol. The second kappa shape index (κ2) is 5.44. The van der Waals surface area contributed by atoms with Crippen LogP contribution in [0, 0.1) is 0 Å². The first kappa shape index (κ1) is 13.6. The second-order valence-electron chi connectivity index (χ2n) is 4.17. The molecule has 0 spiro atoms. The molecular formula is C13H14F3N3. The maximum atomic E-state index is 12.5. The van der Waals surface area contributed by atoms with Gasteiger partial charge in [0.25, 0.3) is 0 Å². The third-order valence-electron chi connectivity index (χ3n) is 2.85. The first-order valence-electron chi connectivity index (χ1n) is 5.83. The van der Waals surface area contributed by atoms with Gasteiger partial charge in [0.2, 0.25) is 0 Å². The van der Waals surface area contributed by atoms with Crippen LogP contribution in [-0.2, 0) is 12.7 Å². The minimum absolute atomic E-state index is 0.0813. The smallest absolute Gasteiger partial charge is 0.311 e. The summed E-state index contributed by atoms with van der Waals surface area (Å²) in [7, 11) is 1.77. The molecule has 0 saturated carbocycles. The van der Waals surface area contributed by atoms with Crippen molar-refractivity contribution in [2.24, 2.45) is 0 Å². The van der Waals surface area contributed by atoms with Gasteiger partial charge in [-0.2, -0.15) is 18.3 Å². The summed E-state index contributed by atoms with van der Waals surface area (Å²) in [4.78, 5) is 0. The molecule has 19 heavy (non-hydrogen) atoms. The molecule has 1 aromatic carbocycles. The third kappa shape index (κ3) is 3.35. The molecule has 2 rings (SSSR count). The van der Waals surface area contributed by atoms with Crippen molar-refractivity contribution in [3.8, 4) is 0 Å². The van der Waals surface area contributed by atoms with E-state index in [1.165, 1.54) is 10.9 Å². The quantitative estimate of drug-likeness (QED) is 0.925. The highest BCUT2D eigenvalue weighted by Gasteiger charge is 2.33. The van der Waals surface area contributed by atoms with Crippen molar-refractivity contribution in [3.05, 3.63) is 53.9 Å². The fourth-order valence-electron chi connectivity index (χ4n) is 1.85. The van der Waals surface area contributed by atoms with Crippen LogP contribution in [0.25, 0.3) is 0 Å². The molecule has 0 aliphatic rings. The molecule has 0 fully saturated rings. The van der Waals surface area contributed by atoms with Crippen LogP contribution >= 0.6 is 0 Å². The van der Waals surface area contributed by atoms with Gasteiger partial charge in [0.15, 0.2) is 5.69 Å². The largest absolute Gasteiger partial charge is 0.435 e. The highest BCUT2D eigenvalue weighted by Crippen LogP contribution is 2.27. The van der Waals surface area contributed by atoms with Gasteiger partial charge in [0.05, 0.1) is 12.6 Å². The van der Waals surface area contributed by atoms with Gasteiger partial charge < -0.3 is 5.32 Å². The molecule has 0 aliphatic carbocycles. The fraction of sp³-hybridized carbons (Fsp3) is 0.308. The number of aromatic nitrogens is 2. The third-order valence-corrected chi connectivity index (χ3v) is 2.85. The predicted molar refractivity (Wildman–Crippen MR) is 65.5 cm³/mol. The number of rotatable bonds is 4. The van der Waals surface area contributed by atoms with Crippen LogP contribution in [0.1, 0.15) is 17.3 Å². The van der Waals surface area contributed by atoms with E-state index in [4.69, 9.17) is 0 Å². The summed E-state index contributed by atoms with van der Waals surface area (Å²) in [6.45, 7) is 0.344. The lowest BCUT2D eigenvalue weighted by Gasteiger charge is -2.16. The molecule has 0 radical (unpaired) electrons. The van der Waals surface area contributed by atoms with E-state index in [1.54, 1.807) is 7.05 Å². The number of nitrogens with one attached hydrogen (secondary N) is 1. The minimum Gasteiger partial charge on any atom is -0.311 e. The Balaban J connectivity index is 2.13. The predicted octanol–water partition coefficient (Wildman–Crippen LogP) is 2.86. The molecule has 1 aromatic heterocycles. The van der Waals surface area contributed by atoms with Crippen molar-refractivity contribution in [3.63, 3.8) is 0 Å². The zero-order chi connectivity index (χ0) is 13.9. The molecule has 1 heterocycles. The molecule has 0 bridgehead atoms. The van der Waals surface area contributed by atoms with Gasteiger partial charge in [0, 0.05) is 6.20 Å². The molecule has 0 aliphatic heterocycles.